The molecule has 0 spiro atoms. The van der Waals surface area contributed by atoms with Crippen LogP contribution in [0.3, 0.4) is 0 Å². The highest BCUT2D eigenvalue weighted by atomic mass is 35.5. The molecular weight excluding hydrogens is 440 g/mol. The van der Waals surface area contributed by atoms with E-state index in [1.807, 2.05) is 43.8 Å². The van der Waals surface area contributed by atoms with Crippen LogP contribution in [0, 0.1) is 11.3 Å². The van der Waals surface area contributed by atoms with Crippen LogP contribution in [-0.2, 0) is 13.0 Å². The molecule has 8 nitrogen and oxygen atoms in total. The smallest absolute Gasteiger partial charge is 0.254 e. The molecule has 1 aliphatic rings. The molecule has 170 valence electrons. The molecule has 0 bridgehead atoms. The van der Waals surface area contributed by atoms with Crippen LogP contribution in [0.15, 0.2) is 36.8 Å². The number of nitrogens with zero attached hydrogens (tertiary/aromatic N) is 5. The normalized spacial score (nSPS) is 13.9. The van der Waals surface area contributed by atoms with E-state index in [1.165, 1.54) is 6.20 Å². The highest BCUT2D eigenvalue weighted by Crippen LogP contribution is 2.33. The third-order valence-electron chi connectivity index (χ3n) is 5.84. The zero-order valence-electron chi connectivity index (χ0n) is 18.8. The maximum absolute atomic E-state index is 13.5. The van der Waals surface area contributed by atoms with E-state index >= 15 is 0 Å². The summed E-state index contributed by atoms with van der Waals surface area (Å²) in [6.45, 7) is 5.31. The largest absolute Gasteiger partial charge is 0.492 e. The number of imidazole rings is 1. The standard InChI is InChI=1S/C24H25ClN6O2/c1-4-33-22-11-21(29-13-17(22)12-26)15(2)31-7-5-18-19(23(31)32)9-16(10-20(18)25)14-30-8-6-28-24(30)27-3/h6,8-11,13,15H,4-5,7,14H2,1-3H3,(H,27,28)/t15-/m0/s1. The molecule has 1 amide bonds. The van der Waals surface area contributed by atoms with Crippen molar-refractivity contribution in [3.05, 3.63) is 69.8 Å². The number of hydrogen-bond acceptors (Lipinski definition) is 6. The average Bonchev–Trinajstić information content (AvgIpc) is 3.26. The van der Waals surface area contributed by atoms with Gasteiger partial charge in [0.05, 0.1) is 24.9 Å². The first-order chi connectivity index (χ1) is 16.0. The van der Waals surface area contributed by atoms with Gasteiger partial charge in [0.2, 0.25) is 5.95 Å². The van der Waals surface area contributed by atoms with Gasteiger partial charge < -0.3 is 19.5 Å². The van der Waals surface area contributed by atoms with E-state index in [-0.39, 0.29) is 11.9 Å². The molecule has 4 rings (SSSR count). The molecule has 1 atom stereocenters. The lowest BCUT2D eigenvalue weighted by Crippen LogP contribution is -2.40. The molecule has 0 unspecified atom stereocenters. The Morgan fingerprint density at radius 1 is 1.33 bits per heavy atom. The van der Waals surface area contributed by atoms with Crippen molar-refractivity contribution in [2.24, 2.45) is 0 Å². The quantitative estimate of drug-likeness (QED) is 0.566. The molecule has 2 aromatic heterocycles. The molecule has 3 aromatic rings. The van der Waals surface area contributed by atoms with Gasteiger partial charge in [-0.3, -0.25) is 9.78 Å². The summed E-state index contributed by atoms with van der Waals surface area (Å²) >= 11 is 6.59. The van der Waals surface area contributed by atoms with Crippen molar-refractivity contribution in [3.8, 4) is 11.8 Å². The molecule has 0 radical (unpaired) electrons. The number of anilines is 1. The molecule has 0 fully saturated rings. The number of nitriles is 1. The molecule has 0 aliphatic carbocycles. The molecule has 33 heavy (non-hydrogen) atoms. The summed E-state index contributed by atoms with van der Waals surface area (Å²) < 4.78 is 7.55. The number of ether oxygens (including phenoxy) is 1. The zero-order chi connectivity index (χ0) is 23.5. The second-order valence-corrected chi connectivity index (χ2v) is 8.21. The number of rotatable bonds is 7. The van der Waals surface area contributed by atoms with Crippen molar-refractivity contribution in [3.63, 3.8) is 0 Å². The van der Waals surface area contributed by atoms with Crippen LogP contribution >= 0.6 is 11.6 Å². The number of carbonyl (C=O) groups is 1. The average molecular weight is 465 g/mol. The van der Waals surface area contributed by atoms with Crippen molar-refractivity contribution in [1.82, 2.24) is 19.4 Å². The number of benzene rings is 1. The van der Waals surface area contributed by atoms with Crippen LogP contribution in [-0.4, -0.2) is 45.5 Å². The van der Waals surface area contributed by atoms with Crippen LogP contribution in [0.4, 0.5) is 5.95 Å². The minimum absolute atomic E-state index is 0.0870. The first-order valence-electron chi connectivity index (χ1n) is 10.8. The highest BCUT2D eigenvalue weighted by Gasteiger charge is 2.31. The van der Waals surface area contributed by atoms with Gasteiger partial charge in [0, 0.05) is 48.8 Å². The van der Waals surface area contributed by atoms with Crippen molar-refractivity contribution < 1.29 is 9.53 Å². The monoisotopic (exact) mass is 464 g/mol. The van der Waals surface area contributed by atoms with Crippen LogP contribution in [0.25, 0.3) is 0 Å². The summed E-state index contributed by atoms with van der Waals surface area (Å²) in [7, 11) is 1.82. The summed E-state index contributed by atoms with van der Waals surface area (Å²) in [5, 5.41) is 12.9. The van der Waals surface area contributed by atoms with Crippen LogP contribution in [0.2, 0.25) is 5.02 Å². The molecule has 1 aromatic carbocycles. The Morgan fingerprint density at radius 3 is 2.88 bits per heavy atom. The molecular formula is C24H25ClN6O2. The Kier molecular flexibility index (Phi) is 6.52. The maximum Gasteiger partial charge on any atom is 0.254 e. The number of nitrogens with one attached hydrogen (secondary N) is 1. The van der Waals surface area contributed by atoms with Gasteiger partial charge in [-0.15, -0.1) is 0 Å². The first-order valence-corrected chi connectivity index (χ1v) is 11.2. The van der Waals surface area contributed by atoms with Gasteiger partial charge in [0.25, 0.3) is 5.91 Å². The predicted octanol–water partition coefficient (Wildman–Crippen LogP) is 4.05. The van der Waals surface area contributed by atoms with Crippen LogP contribution in [0.5, 0.6) is 5.75 Å². The molecule has 1 N–H and O–H groups in total. The fraction of sp³-hybridized carbons (Fsp3) is 0.333. The Labute approximate surface area is 197 Å². The van der Waals surface area contributed by atoms with E-state index in [1.54, 1.807) is 17.2 Å². The maximum atomic E-state index is 13.5. The van der Waals surface area contributed by atoms with Gasteiger partial charge in [0.1, 0.15) is 17.4 Å². The van der Waals surface area contributed by atoms with E-state index in [0.717, 1.165) is 17.1 Å². The summed E-state index contributed by atoms with van der Waals surface area (Å²) in [6.07, 6.45) is 5.76. The Morgan fingerprint density at radius 2 is 2.15 bits per heavy atom. The number of amides is 1. The van der Waals surface area contributed by atoms with Crippen LogP contribution < -0.4 is 10.1 Å². The summed E-state index contributed by atoms with van der Waals surface area (Å²) in [5.74, 6) is 1.13. The highest BCUT2D eigenvalue weighted by molar-refractivity contribution is 6.32. The van der Waals surface area contributed by atoms with Gasteiger partial charge in [0.15, 0.2) is 0 Å². The summed E-state index contributed by atoms with van der Waals surface area (Å²) in [6, 6.07) is 7.39. The lowest BCUT2D eigenvalue weighted by atomic mass is 9.95. The molecule has 0 saturated carbocycles. The van der Waals surface area contributed by atoms with Gasteiger partial charge >= 0.3 is 0 Å². The van der Waals surface area contributed by atoms with Crippen molar-refractivity contribution in [2.45, 2.75) is 32.9 Å². The van der Waals surface area contributed by atoms with E-state index in [2.05, 4.69) is 21.4 Å². The van der Waals surface area contributed by atoms with E-state index in [0.29, 0.717) is 53.7 Å². The Balaban J connectivity index is 1.63. The van der Waals surface area contributed by atoms with Crippen molar-refractivity contribution in [2.75, 3.05) is 25.5 Å². The van der Waals surface area contributed by atoms with Crippen LogP contribution in [0.1, 0.15) is 52.6 Å². The number of carbonyl (C=O) groups excluding carboxylic acids is 1. The first kappa shape index (κ1) is 22.6. The number of pyridine rings is 1. The summed E-state index contributed by atoms with van der Waals surface area (Å²) in [5.41, 5.74) is 3.45. The fourth-order valence-electron chi connectivity index (χ4n) is 4.15. The topological polar surface area (TPSA) is 96.1 Å². The Bertz CT molecular complexity index is 1230. The second kappa shape index (κ2) is 9.51. The SMILES string of the molecule is CCOc1cc([C@H](C)N2CCc3c(Cl)cc(Cn4ccnc4NC)cc3C2=O)ncc1C#N. The molecule has 0 saturated heterocycles. The van der Waals surface area contributed by atoms with Crippen molar-refractivity contribution in [1.29, 1.82) is 5.26 Å². The molecule has 9 heteroatoms. The van der Waals surface area contributed by atoms with Crippen molar-refractivity contribution >= 4 is 23.5 Å². The number of aromatic nitrogens is 3. The summed E-state index contributed by atoms with van der Waals surface area (Å²) in [4.78, 5) is 24.0. The lowest BCUT2D eigenvalue weighted by molar-refractivity contribution is 0.0668. The number of halogens is 1. The third-order valence-corrected chi connectivity index (χ3v) is 6.18. The second-order valence-electron chi connectivity index (χ2n) is 7.81. The molecule has 1 aliphatic heterocycles. The molecule has 3 heterocycles. The minimum atomic E-state index is -0.287. The fourth-order valence-corrected chi connectivity index (χ4v) is 4.48. The third kappa shape index (κ3) is 4.37. The van der Waals surface area contributed by atoms with E-state index in [9.17, 15) is 10.1 Å². The predicted molar refractivity (Wildman–Crippen MR) is 126 cm³/mol. The zero-order valence-corrected chi connectivity index (χ0v) is 19.6. The van der Waals surface area contributed by atoms with Gasteiger partial charge in [-0.05, 0) is 43.5 Å². The number of fused-ring (bicyclic) bond motifs is 1. The van der Waals surface area contributed by atoms with E-state index < -0.39 is 0 Å². The number of hydrogen-bond donors (Lipinski definition) is 1. The van der Waals surface area contributed by atoms with Gasteiger partial charge in [-0.25, -0.2) is 4.98 Å². The van der Waals surface area contributed by atoms with Gasteiger partial charge in [-0.1, -0.05) is 11.6 Å². The Hall–Kier alpha value is -3.57. The lowest BCUT2D eigenvalue weighted by Gasteiger charge is -2.34. The van der Waals surface area contributed by atoms with Gasteiger partial charge in [-0.2, -0.15) is 5.26 Å². The minimum Gasteiger partial charge on any atom is -0.492 e. The van der Waals surface area contributed by atoms with E-state index in [4.69, 9.17) is 16.3 Å².